The topological polar surface area (TPSA) is 212 Å². The highest BCUT2D eigenvalue weighted by atomic mass is 16.8. The number of imide groups is 1. The number of nitrogens with one attached hydrogen (secondary N) is 1. The number of nitrogens with zero attached hydrogens (tertiary/aromatic N) is 1. The molecule has 30 heavy (non-hydrogen) atoms. The van der Waals surface area contributed by atoms with Gasteiger partial charge in [-0.1, -0.05) is 11.6 Å². The predicted molar refractivity (Wildman–Crippen MR) is 95.8 cm³/mol. The highest BCUT2D eigenvalue weighted by Crippen LogP contribution is 2.12. The second-order valence-electron chi connectivity index (χ2n) is 4.75. The Bertz CT molecular complexity index is 632. The molecular weight excluding hydrogens is 410 g/mol. The van der Waals surface area contributed by atoms with E-state index in [1.807, 2.05) is 0 Å². The summed E-state index contributed by atoms with van der Waals surface area (Å²) in [7, 11) is 0. The summed E-state index contributed by atoms with van der Waals surface area (Å²) in [6.07, 6.45) is -0.320. The molecule has 1 heterocycles. The van der Waals surface area contributed by atoms with E-state index in [0.717, 1.165) is 6.26 Å². The summed E-state index contributed by atoms with van der Waals surface area (Å²) in [6.45, 7) is 8.17. The van der Waals surface area contributed by atoms with Crippen LogP contribution in [0, 0.1) is 6.58 Å². The van der Waals surface area contributed by atoms with Gasteiger partial charge in [0.05, 0.1) is 19.1 Å². The van der Waals surface area contributed by atoms with Gasteiger partial charge in [-0.15, -0.1) is 0 Å². The van der Waals surface area contributed by atoms with Gasteiger partial charge in [-0.25, -0.2) is 9.59 Å². The summed E-state index contributed by atoms with van der Waals surface area (Å²) in [6, 6.07) is 0. The van der Waals surface area contributed by atoms with Crippen molar-refractivity contribution in [2.45, 2.75) is 25.7 Å². The van der Waals surface area contributed by atoms with Crippen molar-refractivity contribution >= 4 is 36.0 Å². The van der Waals surface area contributed by atoms with E-state index < -0.39 is 36.0 Å². The highest BCUT2D eigenvalue weighted by Gasteiger charge is 2.33. The van der Waals surface area contributed by atoms with Crippen molar-refractivity contribution in [1.82, 2.24) is 10.4 Å². The lowest BCUT2D eigenvalue weighted by Crippen LogP contribution is -2.31. The molecule has 0 atom stereocenters. The summed E-state index contributed by atoms with van der Waals surface area (Å²) < 4.78 is 8.29. The first kappa shape index (κ1) is 28.2. The SMILES string of the molecule is C=COC(=O)NCCC(=O)O.NCCC(=O)O.[CH+]=COC(=O)ON1C(=O)CCC1=O. The van der Waals surface area contributed by atoms with Crippen molar-refractivity contribution in [3.8, 4) is 0 Å². The lowest BCUT2D eigenvalue weighted by molar-refractivity contribution is -0.175. The van der Waals surface area contributed by atoms with Gasteiger partial charge >= 0.3 is 30.4 Å². The third kappa shape index (κ3) is 16.2. The Hall–Kier alpha value is -4.03. The average Bonchev–Trinajstić information content (AvgIpc) is 2.95. The zero-order chi connectivity index (χ0) is 23.5. The number of amides is 3. The number of rotatable bonds is 8. The van der Waals surface area contributed by atoms with Crippen LogP contribution in [0.15, 0.2) is 19.1 Å². The molecule has 0 bridgehead atoms. The van der Waals surface area contributed by atoms with Crippen LogP contribution in [0.5, 0.6) is 0 Å². The summed E-state index contributed by atoms with van der Waals surface area (Å²) in [5.74, 6) is -2.95. The molecule has 1 rings (SSSR count). The van der Waals surface area contributed by atoms with Crippen molar-refractivity contribution in [2.24, 2.45) is 5.73 Å². The molecule has 0 saturated carbocycles. The molecule has 1 saturated heterocycles. The number of carbonyl (C=O) groups excluding carboxylic acids is 4. The number of hydrogen-bond donors (Lipinski definition) is 4. The van der Waals surface area contributed by atoms with E-state index in [4.69, 9.17) is 22.5 Å². The fraction of sp³-hybridized carbons (Fsp3) is 0.375. The van der Waals surface area contributed by atoms with Gasteiger partial charge in [0.2, 0.25) is 6.58 Å². The number of hydroxylamine groups is 2. The predicted octanol–water partition coefficient (Wildman–Crippen LogP) is -0.0991. The summed E-state index contributed by atoms with van der Waals surface area (Å²) in [4.78, 5) is 66.4. The van der Waals surface area contributed by atoms with E-state index >= 15 is 0 Å². The largest absolute Gasteiger partial charge is 0.542 e. The van der Waals surface area contributed by atoms with Crippen molar-refractivity contribution in [3.63, 3.8) is 0 Å². The molecule has 14 nitrogen and oxygen atoms in total. The first-order valence-electron chi connectivity index (χ1n) is 8.05. The van der Waals surface area contributed by atoms with Gasteiger partial charge < -0.3 is 30.7 Å². The highest BCUT2D eigenvalue weighted by molar-refractivity contribution is 6.01. The van der Waals surface area contributed by atoms with Gasteiger partial charge in [0, 0.05) is 25.9 Å². The molecule has 0 unspecified atom stereocenters. The fourth-order valence-electron chi connectivity index (χ4n) is 1.32. The first-order chi connectivity index (χ1) is 14.1. The maximum atomic E-state index is 10.9. The van der Waals surface area contributed by atoms with E-state index in [-0.39, 0.29) is 38.8 Å². The molecule has 0 aromatic carbocycles. The van der Waals surface area contributed by atoms with Gasteiger partial charge in [-0.3, -0.25) is 24.0 Å². The van der Waals surface area contributed by atoms with E-state index in [1.54, 1.807) is 0 Å². The minimum absolute atomic E-state index is 0.0401. The molecule has 5 N–H and O–H groups in total. The zero-order valence-electron chi connectivity index (χ0n) is 15.8. The standard InChI is InChI=1S/C7H6NO5.C6H9NO4.C3H7NO2/c1-2-12-7(11)13-8-5(9)3-4-6(8)10;1-2-11-6(10)7-4-3-5(8)9;4-2-1-3(5)6/h1-2H,3-4H2;2H,1,3-4H2,(H,7,10)(H,8,9);1-2,4H2,(H,5,6)/q+1;;. The Morgan fingerprint density at radius 3 is 2.00 bits per heavy atom. The number of alkyl carbamates (subject to hydrolysis) is 1. The van der Waals surface area contributed by atoms with E-state index in [2.05, 4.69) is 26.2 Å². The van der Waals surface area contributed by atoms with Gasteiger partial charge in [0.1, 0.15) is 0 Å². The van der Waals surface area contributed by atoms with Crippen LogP contribution in [0.1, 0.15) is 25.7 Å². The lowest BCUT2D eigenvalue weighted by Gasteiger charge is -2.09. The molecule has 0 aromatic heterocycles. The second kappa shape index (κ2) is 17.1. The van der Waals surface area contributed by atoms with Crippen molar-refractivity contribution < 1.29 is 53.3 Å². The number of hydrogen-bond acceptors (Lipinski definition) is 10. The van der Waals surface area contributed by atoms with Crippen LogP contribution in [0.2, 0.25) is 0 Å². The van der Waals surface area contributed by atoms with Crippen LogP contribution in [-0.2, 0) is 33.5 Å². The minimum Gasteiger partial charge on any atom is -0.481 e. The van der Waals surface area contributed by atoms with E-state index in [9.17, 15) is 28.8 Å². The maximum absolute atomic E-state index is 10.9. The van der Waals surface area contributed by atoms with Crippen LogP contribution in [-0.4, -0.2) is 64.4 Å². The fourth-order valence-corrected chi connectivity index (χ4v) is 1.32. The van der Waals surface area contributed by atoms with E-state index in [0.29, 0.717) is 11.3 Å². The molecule has 166 valence electrons. The van der Waals surface area contributed by atoms with Crippen molar-refractivity contribution in [1.29, 1.82) is 0 Å². The molecule has 0 spiro atoms. The molecule has 14 heteroatoms. The van der Waals surface area contributed by atoms with Crippen LogP contribution in [0.4, 0.5) is 9.59 Å². The van der Waals surface area contributed by atoms with Crippen LogP contribution < -0.4 is 11.1 Å². The number of nitrogens with two attached hydrogens (primary N) is 1. The maximum Gasteiger partial charge on any atom is 0.542 e. The Labute approximate surface area is 170 Å². The van der Waals surface area contributed by atoms with Gasteiger partial charge in [0.15, 0.2) is 0 Å². The summed E-state index contributed by atoms with van der Waals surface area (Å²) in [5.41, 5.74) is 4.85. The molecule has 3 amide bonds. The Morgan fingerprint density at radius 2 is 1.63 bits per heavy atom. The van der Waals surface area contributed by atoms with Gasteiger partial charge in [-0.05, 0) is 0 Å². The Balaban J connectivity index is 0. The number of carbonyl (C=O) groups is 6. The smallest absolute Gasteiger partial charge is 0.481 e. The Kier molecular flexibility index (Phi) is 16.1. The molecule has 1 fully saturated rings. The molecule has 0 radical (unpaired) electrons. The monoisotopic (exact) mass is 432 g/mol. The van der Waals surface area contributed by atoms with Gasteiger partial charge in [0.25, 0.3) is 11.8 Å². The van der Waals surface area contributed by atoms with Crippen LogP contribution >= 0.6 is 0 Å². The lowest BCUT2D eigenvalue weighted by atomic mass is 10.4. The van der Waals surface area contributed by atoms with Crippen LogP contribution in [0.3, 0.4) is 0 Å². The molecule has 1 aliphatic heterocycles. The number of ether oxygens (including phenoxy) is 2. The number of aliphatic carboxylic acids is 2. The zero-order valence-corrected chi connectivity index (χ0v) is 15.8. The van der Waals surface area contributed by atoms with Crippen molar-refractivity contribution in [2.75, 3.05) is 13.1 Å². The second-order valence-corrected chi connectivity index (χ2v) is 4.75. The number of carboxylic acids is 2. The summed E-state index contributed by atoms with van der Waals surface area (Å²) >= 11 is 0. The third-order valence-electron chi connectivity index (χ3n) is 2.49. The third-order valence-corrected chi connectivity index (χ3v) is 2.49. The quantitative estimate of drug-likeness (QED) is 0.171. The van der Waals surface area contributed by atoms with E-state index in [1.165, 1.54) is 0 Å². The normalized spacial score (nSPS) is 11.5. The first-order valence-corrected chi connectivity index (χ1v) is 8.05. The van der Waals surface area contributed by atoms with Gasteiger partial charge in [-0.2, -0.15) is 0 Å². The Morgan fingerprint density at radius 1 is 1.10 bits per heavy atom. The molecule has 0 aliphatic carbocycles. The summed E-state index contributed by atoms with van der Waals surface area (Å²) in [5, 5.41) is 18.5. The molecule has 1 aliphatic rings. The minimum atomic E-state index is -1.22. The molecular formula is C16H22N3O11+. The molecule has 0 aromatic rings. The van der Waals surface area contributed by atoms with Crippen molar-refractivity contribution in [3.05, 3.63) is 25.7 Å². The number of carboxylic acid groups (broad SMARTS) is 2. The van der Waals surface area contributed by atoms with Crippen LogP contribution in [0.25, 0.3) is 0 Å². The average molecular weight is 432 g/mol.